The number of hydrogen-bond donors (Lipinski definition) is 0. The van der Waals surface area contributed by atoms with E-state index >= 15 is 0 Å². The maximum Gasteiger partial charge on any atom is 0.328 e. The first-order valence-electron chi connectivity index (χ1n) is 9.74. The quantitative estimate of drug-likeness (QED) is 0.336. The zero-order chi connectivity index (χ0) is 21.0. The molecule has 1 fully saturated rings. The molecule has 1 saturated carbocycles. The minimum Gasteiger partial charge on any atom is -0.425 e. The molecule has 0 saturated heterocycles. The first-order valence-corrected chi connectivity index (χ1v) is 9.74. The van der Waals surface area contributed by atoms with E-state index in [4.69, 9.17) is 4.74 Å². The summed E-state index contributed by atoms with van der Waals surface area (Å²) < 4.78 is 18.9. The molecule has 5 nitrogen and oxygen atoms in total. The predicted molar refractivity (Wildman–Crippen MR) is 104 cm³/mol. The Bertz CT molecular complexity index is 1010. The van der Waals surface area contributed by atoms with Crippen LogP contribution < -0.4 is 4.74 Å². The van der Waals surface area contributed by atoms with Crippen molar-refractivity contribution in [3.63, 3.8) is 0 Å². The number of halogens is 1. The van der Waals surface area contributed by atoms with Crippen molar-refractivity contribution in [1.29, 1.82) is 0 Å². The molecule has 0 aromatic heterocycles. The lowest BCUT2D eigenvalue weighted by Crippen LogP contribution is -2.47. The summed E-state index contributed by atoms with van der Waals surface area (Å²) in [7, 11) is 0. The monoisotopic (exact) mass is 395 g/mol. The van der Waals surface area contributed by atoms with Crippen LogP contribution in [0.15, 0.2) is 48.5 Å². The van der Waals surface area contributed by atoms with E-state index < -0.39 is 34.4 Å². The predicted octanol–water partition coefficient (Wildman–Crippen LogP) is 3.59. The fourth-order valence-corrected chi connectivity index (χ4v) is 4.89. The van der Waals surface area contributed by atoms with Crippen LogP contribution in [0.4, 0.5) is 4.39 Å². The lowest BCUT2D eigenvalue weighted by molar-refractivity contribution is -0.154. The summed E-state index contributed by atoms with van der Waals surface area (Å²) in [5, 5.41) is 0. The number of carbonyl (C=O) groups is 3. The fraction of sp³-hybridized carbons (Fsp3) is 0.348. The van der Waals surface area contributed by atoms with Gasteiger partial charge in [-0.05, 0) is 51.1 Å². The minimum atomic E-state index is -1.61. The number of rotatable bonds is 5. The number of ether oxygens (including phenoxy) is 1. The highest BCUT2D eigenvalue weighted by atomic mass is 19.1. The van der Waals surface area contributed by atoms with Gasteiger partial charge in [0.15, 0.2) is 11.2 Å². The van der Waals surface area contributed by atoms with Gasteiger partial charge in [0.05, 0.1) is 5.41 Å². The van der Waals surface area contributed by atoms with E-state index in [0.717, 1.165) is 0 Å². The van der Waals surface area contributed by atoms with Crippen molar-refractivity contribution >= 4 is 17.7 Å². The van der Waals surface area contributed by atoms with E-state index in [0.29, 0.717) is 24.4 Å². The standard InChI is InChI=1S/C23H22FNO4/c1-4-25(5-2)20(27)23-18(16-8-6-7-9-17(16)29-21(23)28)22(23,3)19(26)14-10-12-15(24)13-11-14/h6-13,18H,4-5H2,1-3H3/t18-,22+,23-/m1/s1. The Morgan fingerprint density at radius 2 is 1.69 bits per heavy atom. The number of hydrogen-bond acceptors (Lipinski definition) is 4. The second-order valence-corrected chi connectivity index (χ2v) is 7.68. The van der Waals surface area contributed by atoms with Gasteiger partial charge in [-0.3, -0.25) is 14.4 Å². The van der Waals surface area contributed by atoms with E-state index in [-0.39, 0.29) is 11.3 Å². The summed E-state index contributed by atoms with van der Waals surface area (Å²) in [6, 6.07) is 12.2. The van der Waals surface area contributed by atoms with Crippen LogP contribution in [0.5, 0.6) is 5.75 Å². The molecule has 1 amide bonds. The van der Waals surface area contributed by atoms with Gasteiger partial charge in [-0.15, -0.1) is 0 Å². The third-order valence-corrected chi connectivity index (χ3v) is 6.47. The maximum absolute atomic E-state index is 13.6. The number of Topliss-reactive ketones (excluding diaryl/α,β-unsaturated/α-hetero) is 1. The molecule has 0 bridgehead atoms. The van der Waals surface area contributed by atoms with E-state index in [9.17, 15) is 18.8 Å². The normalized spacial score (nSPS) is 26.8. The Labute approximate surface area is 168 Å². The number of nitrogens with zero attached hydrogens (tertiary/aromatic N) is 1. The molecule has 29 heavy (non-hydrogen) atoms. The summed E-state index contributed by atoms with van der Waals surface area (Å²) in [6.45, 7) is 6.14. The molecule has 2 aliphatic rings. The molecule has 2 aromatic rings. The van der Waals surface area contributed by atoms with Crippen molar-refractivity contribution in [3.8, 4) is 5.75 Å². The lowest BCUT2D eigenvalue weighted by Gasteiger charge is -2.28. The van der Waals surface area contributed by atoms with E-state index in [2.05, 4.69) is 0 Å². The van der Waals surface area contributed by atoms with E-state index in [1.54, 1.807) is 36.1 Å². The van der Waals surface area contributed by atoms with Crippen molar-refractivity contribution in [1.82, 2.24) is 4.90 Å². The van der Waals surface area contributed by atoms with Gasteiger partial charge in [0.25, 0.3) is 0 Å². The first-order chi connectivity index (χ1) is 13.8. The SMILES string of the molecule is CCN(CC)C(=O)[C@@]12C(=O)Oc3ccccc3[C@@H]1[C@@]2(C)C(=O)c1ccc(F)cc1. The summed E-state index contributed by atoms with van der Waals surface area (Å²) in [4.78, 5) is 41.9. The number of para-hydroxylation sites is 1. The fourth-order valence-electron chi connectivity index (χ4n) is 4.89. The maximum atomic E-state index is 13.6. The topological polar surface area (TPSA) is 63.7 Å². The van der Waals surface area contributed by atoms with Crippen LogP contribution in [-0.4, -0.2) is 35.6 Å². The highest BCUT2D eigenvalue weighted by Crippen LogP contribution is 2.78. The smallest absolute Gasteiger partial charge is 0.328 e. The molecule has 1 aliphatic carbocycles. The van der Waals surface area contributed by atoms with Crippen LogP contribution in [0.3, 0.4) is 0 Å². The zero-order valence-electron chi connectivity index (χ0n) is 16.6. The molecule has 0 N–H and O–H groups in total. The van der Waals surface area contributed by atoms with Crippen LogP contribution >= 0.6 is 0 Å². The van der Waals surface area contributed by atoms with E-state index in [1.165, 1.54) is 24.3 Å². The summed E-state index contributed by atoms with van der Waals surface area (Å²) in [5.74, 6) is -2.17. The van der Waals surface area contributed by atoms with Crippen LogP contribution in [0.2, 0.25) is 0 Å². The van der Waals surface area contributed by atoms with Crippen LogP contribution in [0.25, 0.3) is 0 Å². The summed E-state index contributed by atoms with van der Waals surface area (Å²) in [5.41, 5.74) is -1.99. The third-order valence-electron chi connectivity index (χ3n) is 6.47. The molecule has 0 radical (unpaired) electrons. The van der Waals surface area contributed by atoms with Gasteiger partial charge in [-0.2, -0.15) is 0 Å². The average molecular weight is 395 g/mol. The Hall–Kier alpha value is -3.02. The molecular weight excluding hydrogens is 373 g/mol. The van der Waals surface area contributed by atoms with Gasteiger partial charge in [-0.25, -0.2) is 4.39 Å². The minimum absolute atomic E-state index is 0.264. The summed E-state index contributed by atoms with van der Waals surface area (Å²) in [6.07, 6.45) is 0. The Morgan fingerprint density at radius 1 is 1.07 bits per heavy atom. The number of benzene rings is 2. The van der Waals surface area contributed by atoms with Gasteiger partial charge in [0.1, 0.15) is 11.6 Å². The molecule has 1 aliphatic heterocycles. The van der Waals surface area contributed by atoms with Gasteiger partial charge in [0.2, 0.25) is 5.91 Å². The van der Waals surface area contributed by atoms with E-state index in [1.807, 2.05) is 13.8 Å². The molecule has 2 aromatic carbocycles. The highest BCUT2D eigenvalue weighted by molar-refractivity contribution is 6.21. The molecule has 6 heteroatoms. The van der Waals surface area contributed by atoms with Crippen LogP contribution in [0, 0.1) is 16.6 Å². The Balaban J connectivity index is 1.90. The van der Waals surface area contributed by atoms with Gasteiger partial charge in [0, 0.05) is 30.1 Å². The molecule has 3 atom stereocenters. The Morgan fingerprint density at radius 3 is 2.31 bits per heavy atom. The second-order valence-electron chi connectivity index (χ2n) is 7.68. The average Bonchev–Trinajstić information content (AvgIpc) is 3.32. The number of fused-ring (bicyclic) bond motifs is 3. The lowest BCUT2D eigenvalue weighted by atomic mass is 9.86. The van der Waals surface area contributed by atoms with Gasteiger partial charge in [-0.1, -0.05) is 18.2 Å². The Kier molecular flexibility index (Phi) is 4.33. The molecule has 0 spiro atoms. The second kappa shape index (κ2) is 6.51. The molecule has 0 unspecified atom stereocenters. The first kappa shape index (κ1) is 19.3. The molecule has 150 valence electrons. The highest BCUT2D eigenvalue weighted by Gasteiger charge is 2.88. The largest absolute Gasteiger partial charge is 0.425 e. The molecule has 4 rings (SSSR count). The van der Waals surface area contributed by atoms with Crippen molar-refractivity contribution in [3.05, 3.63) is 65.5 Å². The molecular formula is C23H22FNO4. The van der Waals surface area contributed by atoms with Gasteiger partial charge < -0.3 is 9.64 Å². The third kappa shape index (κ3) is 2.35. The van der Waals surface area contributed by atoms with Crippen LogP contribution in [-0.2, 0) is 9.59 Å². The van der Waals surface area contributed by atoms with Crippen molar-refractivity contribution in [2.75, 3.05) is 13.1 Å². The van der Waals surface area contributed by atoms with Crippen LogP contribution in [0.1, 0.15) is 42.6 Å². The molecule has 1 heterocycles. The number of carbonyl (C=O) groups excluding carboxylic acids is 3. The zero-order valence-corrected chi connectivity index (χ0v) is 16.6. The van der Waals surface area contributed by atoms with Crippen molar-refractivity contribution < 1.29 is 23.5 Å². The van der Waals surface area contributed by atoms with Crippen molar-refractivity contribution in [2.45, 2.75) is 26.7 Å². The van der Waals surface area contributed by atoms with Crippen molar-refractivity contribution in [2.24, 2.45) is 10.8 Å². The number of ketones is 1. The number of esters is 1. The number of amides is 1. The summed E-state index contributed by atoms with van der Waals surface area (Å²) >= 11 is 0. The van der Waals surface area contributed by atoms with Gasteiger partial charge >= 0.3 is 5.97 Å².